The highest BCUT2D eigenvalue weighted by molar-refractivity contribution is 6.17. The van der Waals surface area contributed by atoms with Crippen molar-refractivity contribution in [1.82, 2.24) is 41.1 Å². The summed E-state index contributed by atoms with van der Waals surface area (Å²) in [4.78, 5) is 69.1. The van der Waals surface area contributed by atoms with Crippen LogP contribution in [-0.2, 0) is 31.7 Å². The van der Waals surface area contributed by atoms with E-state index in [4.69, 9.17) is 20.4 Å². The lowest BCUT2D eigenvalue weighted by molar-refractivity contribution is -0.192. The van der Waals surface area contributed by atoms with E-state index in [9.17, 15) is 45.5 Å². The number of rotatable bonds is 15. The lowest BCUT2D eigenvalue weighted by atomic mass is 9.81. The lowest BCUT2D eigenvalue weighted by Crippen LogP contribution is -2.50. The predicted octanol–water partition coefficient (Wildman–Crippen LogP) is 6.41. The van der Waals surface area contributed by atoms with Crippen molar-refractivity contribution in [2.24, 2.45) is 17.6 Å². The second-order valence-electron chi connectivity index (χ2n) is 16.6. The number of carboxylic acids is 1. The zero-order chi connectivity index (χ0) is 49.7. The molecule has 1 aliphatic rings. The Labute approximate surface area is 382 Å². The molecule has 0 radical (unpaired) electrons. The fraction of sp³-hybridized carbons (Fsp3) is 0.477. The molecule has 4 aromatic rings. The molecule has 1 aliphatic carbocycles. The molecule has 6 N–H and O–H groups in total. The molecule has 0 aliphatic heterocycles. The van der Waals surface area contributed by atoms with Crippen LogP contribution >= 0.6 is 0 Å². The average molecular weight is 949 g/mol. The number of pyridine rings is 1. The monoisotopic (exact) mass is 948 g/mol. The number of ether oxygens (including phenoxy) is 1. The quantitative estimate of drug-likeness (QED) is 0.0811. The summed E-state index contributed by atoms with van der Waals surface area (Å²) in [6, 6.07) is 13.9. The number of alkyl halides is 6. The number of hydrogen-bond acceptors (Lipinski definition) is 12. The number of tetrazole rings is 1. The summed E-state index contributed by atoms with van der Waals surface area (Å²) in [5.41, 5.74) is 5.75. The smallest absolute Gasteiger partial charge is 0.475 e. The van der Waals surface area contributed by atoms with Gasteiger partial charge in [-0.1, -0.05) is 38.1 Å². The van der Waals surface area contributed by atoms with Crippen molar-refractivity contribution in [3.8, 4) is 22.5 Å². The molecule has 1 saturated carbocycles. The molecule has 1 atom stereocenters. The molecule has 2 heterocycles. The molecule has 1 fully saturated rings. The zero-order valence-electron chi connectivity index (χ0n) is 37.5. The van der Waals surface area contributed by atoms with Crippen molar-refractivity contribution in [3.05, 3.63) is 77.6 Å². The molecule has 5 rings (SSSR count). The number of aromatic amines is 1. The fourth-order valence-electron chi connectivity index (χ4n) is 7.06. The number of imide groups is 1. The van der Waals surface area contributed by atoms with Gasteiger partial charge in [-0.2, -0.15) is 31.6 Å². The minimum atomic E-state index is -5.08. The molecule has 0 bridgehead atoms. The van der Waals surface area contributed by atoms with E-state index in [1.54, 1.807) is 57.2 Å². The highest BCUT2D eigenvalue weighted by atomic mass is 19.4. The Morgan fingerprint density at radius 2 is 1.46 bits per heavy atom. The van der Waals surface area contributed by atoms with E-state index in [1.807, 2.05) is 13.8 Å². The molecule has 23 heteroatoms. The van der Waals surface area contributed by atoms with Gasteiger partial charge in [-0.25, -0.2) is 19.5 Å². The van der Waals surface area contributed by atoms with Crippen LogP contribution in [0.4, 0.5) is 36.8 Å². The van der Waals surface area contributed by atoms with Crippen LogP contribution < -0.4 is 21.3 Å². The van der Waals surface area contributed by atoms with Crippen LogP contribution in [0.15, 0.2) is 60.7 Å². The molecule has 364 valence electrons. The summed E-state index contributed by atoms with van der Waals surface area (Å²) in [7, 11) is 0. The number of aliphatic carboxylic acids is 1. The molecule has 4 amide bonds. The summed E-state index contributed by atoms with van der Waals surface area (Å²) in [5, 5.41) is 26.5. The first kappa shape index (κ1) is 53.1. The van der Waals surface area contributed by atoms with Crippen molar-refractivity contribution in [3.63, 3.8) is 0 Å². The highest BCUT2D eigenvalue weighted by Gasteiger charge is 2.39. The third-order valence-corrected chi connectivity index (χ3v) is 10.6. The van der Waals surface area contributed by atoms with Crippen molar-refractivity contribution >= 4 is 35.5 Å². The van der Waals surface area contributed by atoms with Crippen LogP contribution in [0.3, 0.4) is 0 Å². The van der Waals surface area contributed by atoms with Gasteiger partial charge in [0.05, 0.1) is 11.7 Å². The van der Waals surface area contributed by atoms with Gasteiger partial charge in [0, 0.05) is 36.7 Å². The number of likely N-dealkylation sites (N-methyl/N-ethyl adjacent to an activating group) is 1. The number of halogens is 6. The van der Waals surface area contributed by atoms with Gasteiger partial charge in [0.1, 0.15) is 11.3 Å². The van der Waals surface area contributed by atoms with Crippen LogP contribution in [0.2, 0.25) is 0 Å². The Balaban J connectivity index is 0.00000129. The Hall–Kier alpha value is -6.49. The number of hydrogen-bond donors (Lipinski definition) is 5. The third kappa shape index (κ3) is 15.8. The number of carbonyl (C=O) groups is 5. The van der Waals surface area contributed by atoms with Crippen LogP contribution in [-0.4, -0.2) is 116 Å². The maximum absolute atomic E-state index is 14.3. The van der Waals surface area contributed by atoms with Gasteiger partial charge in [0.2, 0.25) is 11.7 Å². The Morgan fingerprint density at radius 3 is 1.99 bits per heavy atom. The van der Waals surface area contributed by atoms with E-state index in [0.717, 1.165) is 18.0 Å². The molecule has 2 aromatic heterocycles. The van der Waals surface area contributed by atoms with Gasteiger partial charge in [-0.3, -0.25) is 14.4 Å². The van der Waals surface area contributed by atoms with E-state index >= 15 is 0 Å². The summed E-state index contributed by atoms with van der Waals surface area (Å²) < 4.78 is 79.9. The molecule has 0 saturated heterocycles. The Bertz CT molecular complexity index is 2280. The first-order chi connectivity index (χ1) is 31.4. The molecule has 0 spiro atoms. The average Bonchev–Trinajstić information content (AvgIpc) is 3.82. The number of nitrogens with zero attached hydrogens (tertiary/aromatic N) is 6. The number of H-pyrrole nitrogens is 1. The van der Waals surface area contributed by atoms with Crippen LogP contribution in [0.25, 0.3) is 22.5 Å². The molecular weight excluding hydrogens is 895 g/mol. The van der Waals surface area contributed by atoms with Crippen molar-refractivity contribution in [1.29, 1.82) is 0 Å². The molecular formula is C44H54F6N10O7. The fourth-order valence-corrected chi connectivity index (χ4v) is 7.06. The van der Waals surface area contributed by atoms with Crippen LogP contribution in [0.1, 0.15) is 82.0 Å². The number of aromatic nitrogens is 5. The maximum atomic E-state index is 14.3. The van der Waals surface area contributed by atoms with E-state index in [2.05, 4.69) is 41.1 Å². The van der Waals surface area contributed by atoms with Gasteiger partial charge in [-0.15, -0.1) is 10.2 Å². The third-order valence-electron chi connectivity index (χ3n) is 10.6. The highest BCUT2D eigenvalue weighted by Crippen LogP contribution is 2.37. The van der Waals surface area contributed by atoms with Gasteiger partial charge < -0.3 is 31.1 Å². The van der Waals surface area contributed by atoms with E-state index in [0.29, 0.717) is 61.4 Å². The molecule has 2 aromatic carbocycles. The number of alkyl carbamates (subject to hydrolysis) is 1. The second-order valence-corrected chi connectivity index (χ2v) is 16.6. The first-order valence-electron chi connectivity index (χ1n) is 21.3. The molecule has 67 heavy (non-hydrogen) atoms. The number of benzene rings is 2. The summed E-state index contributed by atoms with van der Waals surface area (Å²) in [5.74, 6) is -4.57. The van der Waals surface area contributed by atoms with E-state index in [-0.39, 0.29) is 35.7 Å². The summed E-state index contributed by atoms with van der Waals surface area (Å²) in [6.45, 7) is 12.1. The Morgan fingerprint density at radius 1 is 0.866 bits per heavy atom. The number of carbonyl (C=O) groups excluding carboxylic acids is 4. The lowest BCUT2D eigenvalue weighted by Gasteiger charge is -2.32. The molecule has 17 nitrogen and oxygen atoms in total. The van der Waals surface area contributed by atoms with Crippen LogP contribution in [0, 0.1) is 11.8 Å². The van der Waals surface area contributed by atoms with Gasteiger partial charge in [0.15, 0.2) is 5.69 Å². The maximum Gasteiger partial charge on any atom is 0.490 e. The van der Waals surface area contributed by atoms with Crippen molar-refractivity contribution < 1.29 is 60.2 Å². The van der Waals surface area contributed by atoms with E-state index in [1.165, 1.54) is 24.3 Å². The number of nitrogens with one attached hydrogen (secondary N) is 3. The summed E-state index contributed by atoms with van der Waals surface area (Å²) in [6.07, 6.45) is -8.22. The molecule has 0 unspecified atom stereocenters. The Kier molecular flexibility index (Phi) is 18.5. The van der Waals surface area contributed by atoms with Gasteiger partial charge in [-0.05, 0) is 125 Å². The van der Waals surface area contributed by atoms with E-state index < -0.39 is 65.4 Å². The minimum absolute atomic E-state index is 0.0239. The normalized spacial score (nSPS) is 15.7. The number of nitrogens with two attached hydrogens (primary N) is 1. The first-order valence-corrected chi connectivity index (χ1v) is 21.3. The SMILES string of the molecule is CCN(CC)CCNC(=O)c1ccc(-c2ccc(C[C@H](N)C(=O)N(C(=O)C3CCC(CNC(=O)OC(C)(C)C)CC3)c3ccc(-c4nn[nH]n4)cc3)cc2)c(C(F)(F)F)n1.O=C(O)C(F)(F)F. The summed E-state index contributed by atoms with van der Waals surface area (Å²) >= 11 is 0. The standard InChI is InChI=1S/C42H53F3N10O5.C2HF3O2/c1-6-54(7-2)23-22-47-37(56)34-21-20-32(35(49-34)42(43,44)45)28-12-8-26(9-13-28)24-33(46)39(58)55(31-18-16-29(17-19-31)36-50-52-53-51-36)38(57)30-14-10-27(11-15-30)25-48-40(59)60-41(3,4)5;3-2(4,5)1(6)7/h8-9,12-13,16-21,27,30,33H,6-7,10-11,14-15,22-25,46H2,1-5H3,(H,47,56)(H,48,59)(H,50,51,52,53);(H,6,7)/t27?,30?,33-;/m0./s1. The second kappa shape index (κ2) is 23.3. The van der Waals surface area contributed by atoms with Crippen molar-refractivity contribution in [2.75, 3.05) is 37.6 Å². The van der Waals surface area contributed by atoms with Crippen molar-refractivity contribution in [2.45, 2.75) is 90.7 Å². The van der Waals surface area contributed by atoms with Gasteiger partial charge >= 0.3 is 24.4 Å². The predicted molar refractivity (Wildman–Crippen MR) is 232 cm³/mol. The zero-order valence-corrected chi connectivity index (χ0v) is 37.5. The van der Waals surface area contributed by atoms with Gasteiger partial charge in [0.25, 0.3) is 11.8 Å². The number of amides is 4. The number of carboxylic acid groups (broad SMARTS) is 1. The minimum Gasteiger partial charge on any atom is -0.475 e. The topological polar surface area (TPSA) is 239 Å². The van der Waals surface area contributed by atoms with Crippen LogP contribution in [0.5, 0.6) is 0 Å². The number of anilines is 1. The largest absolute Gasteiger partial charge is 0.490 e.